The second kappa shape index (κ2) is 11.8. The summed E-state index contributed by atoms with van der Waals surface area (Å²) in [7, 11) is 0. The molecule has 3 heterocycles. The molecule has 2 N–H and O–H groups in total. The van der Waals surface area contributed by atoms with Crippen molar-refractivity contribution in [2.24, 2.45) is 0 Å². The van der Waals surface area contributed by atoms with E-state index in [1.165, 1.54) is 0 Å². The van der Waals surface area contributed by atoms with Gasteiger partial charge in [-0.3, -0.25) is 14.5 Å². The number of para-hydroxylation sites is 1. The lowest BCUT2D eigenvalue weighted by atomic mass is 10.0. The summed E-state index contributed by atoms with van der Waals surface area (Å²) in [6.07, 6.45) is 3.60. The number of aryl methyl sites for hydroxylation is 2. The van der Waals surface area contributed by atoms with E-state index in [0.29, 0.717) is 27.7 Å². The van der Waals surface area contributed by atoms with Crippen LogP contribution in [0.4, 0.5) is 17.1 Å². The third kappa shape index (κ3) is 5.61. The molecule has 3 aromatic rings. The standard InChI is InChI=1S/C27H28ClN5O3.C2H6/c1-16-15-32(23-10-11-25(34)30-22-7-5-4-6-20(22)23)12-13-33(16)24-9-8-19(14-21(24)28)29-27(35)26-17(2)31-36-18(26)3;1-2/h4-11,14,16,23H,12-13,15H2,1-3H3,(H,29,35)(H,30,34);1-2H3/t16-,23?;/m1./s1. The Balaban J connectivity index is 0.00000164. The minimum atomic E-state index is -0.276. The first-order valence-corrected chi connectivity index (χ1v) is 13.3. The van der Waals surface area contributed by atoms with Gasteiger partial charge in [0.15, 0.2) is 0 Å². The fraction of sp³-hybridized carbons (Fsp3) is 0.345. The Morgan fingerprint density at radius 3 is 2.61 bits per heavy atom. The molecule has 5 rings (SSSR count). The number of hydrogen-bond donors (Lipinski definition) is 2. The summed E-state index contributed by atoms with van der Waals surface area (Å²) < 4.78 is 5.10. The Labute approximate surface area is 228 Å². The largest absolute Gasteiger partial charge is 0.365 e. The minimum Gasteiger partial charge on any atom is -0.365 e. The maximum absolute atomic E-state index is 12.7. The number of rotatable bonds is 4. The van der Waals surface area contributed by atoms with Crippen molar-refractivity contribution < 1.29 is 14.1 Å². The van der Waals surface area contributed by atoms with Gasteiger partial charge in [0.1, 0.15) is 11.3 Å². The second-order valence-electron chi connectivity index (χ2n) is 9.24. The Morgan fingerprint density at radius 2 is 1.92 bits per heavy atom. The first kappa shape index (κ1) is 27.4. The number of anilines is 3. The van der Waals surface area contributed by atoms with E-state index in [0.717, 1.165) is 36.6 Å². The van der Waals surface area contributed by atoms with Gasteiger partial charge in [0.05, 0.1) is 22.4 Å². The summed E-state index contributed by atoms with van der Waals surface area (Å²) >= 11 is 6.69. The highest BCUT2D eigenvalue weighted by atomic mass is 35.5. The van der Waals surface area contributed by atoms with Gasteiger partial charge in [-0.15, -0.1) is 0 Å². The van der Waals surface area contributed by atoms with E-state index in [1.807, 2.05) is 50.3 Å². The third-order valence-corrected chi connectivity index (χ3v) is 7.10. The first-order chi connectivity index (χ1) is 18.3. The Hall–Kier alpha value is -3.62. The van der Waals surface area contributed by atoms with Crippen molar-refractivity contribution in [1.82, 2.24) is 10.1 Å². The van der Waals surface area contributed by atoms with E-state index in [9.17, 15) is 9.59 Å². The highest BCUT2D eigenvalue weighted by Gasteiger charge is 2.31. The van der Waals surface area contributed by atoms with Gasteiger partial charge in [0.2, 0.25) is 5.91 Å². The summed E-state index contributed by atoms with van der Waals surface area (Å²) in [5.74, 6) is 0.0948. The first-order valence-electron chi connectivity index (χ1n) is 12.9. The summed E-state index contributed by atoms with van der Waals surface area (Å²) in [5.41, 5.74) is 4.46. The molecule has 38 heavy (non-hydrogen) atoms. The molecule has 0 bridgehead atoms. The maximum atomic E-state index is 12.7. The van der Waals surface area contributed by atoms with Crippen molar-refractivity contribution in [3.8, 4) is 0 Å². The smallest absolute Gasteiger partial charge is 0.261 e. The summed E-state index contributed by atoms with van der Waals surface area (Å²) in [6.45, 7) is 12.0. The van der Waals surface area contributed by atoms with E-state index in [2.05, 4.69) is 38.6 Å². The normalized spacial score (nSPS) is 19.1. The molecule has 0 radical (unpaired) electrons. The van der Waals surface area contributed by atoms with Crippen LogP contribution in [0.15, 0.2) is 59.1 Å². The second-order valence-corrected chi connectivity index (χ2v) is 9.64. The molecule has 2 aliphatic heterocycles. The Kier molecular flexibility index (Phi) is 8.54. The predicted octanol–water partition coefficient (Wildman–Crippen LogP) is 5.98. The molecule has 0 spiro atoms. The Morgan fingerprint density at radius 1 is 1.16 bits per heavy atom. The van der Waals surface area contributed by atoms with Gasteiger partial charge in [0, 0.05) is 43.1 Å². The number of carbonyl (C=O) groups is 2. The van der Waals surface area contributed by atoms with E-state index >= 15 is 0 Å². The van der Waals surface area contributed by atoms with Crippen LogP contribution in [0.3, 0.4) is 0 Å². The number of nitrogens with one attached hydrogen (secondary N) is 2. The molecule has 1 unspecified atom stereocenters. The third-order valence-electron chi connectivity index (χ3n) is 6.79. The molecule has 1 saturated heterocycles. The van der Waals surface area contributed by atoms with Gasteiger partial charge >= 0.3 is 0 Å². The van der Waals surface area contributed by atoms with Crippen molar-refractivity contribution >= 4 is 40.5 Å². The van der Waals surface area contributed by atoms with Gasteiger partial charge in [-0.25, -0.2) is 0 Å². The maximum Gasteiger partial charge on any atom is 0.261 e. The van der Waals surface area contributed by atoms with Crippen LogP contribution < -0.4 is 15.5 Å². The lowest BCUT2D eigenvalue weighted by molar-refractivity contribution is -0.111. The van der Waals surface area contributed by atoms with E-state index in [-0.39, 0.29) is 23.9 Å². The van der Waals surface area contributed by atoms with E-state index in [4.69, 9.17) is 16.1 Å². The minimum absolute atomic E-state index is 0.0159. The molecule has 0 aliphatic carbocycles. The number of carbonyl (C=O) groups excluding carboxylic acids is 2. The van der Waals surface area contributed by atoms with Crippen molar-refractivity contribution in [3.05, 3.63) is 82.2 Å². The zero-order chi connectivity index (χ0) is 27.4. The molecule has 200 valence electrons. The molecule has 1 aromatic heterocycles. The molecular formula is C29H34ClN5O3. The lowest BCUT2D eigenvalue weighted by Gasteiger charge is -2.44. The predicted molar refractivity (Wildman–Crippen MR) is 152 cm³/mol. The molecule has 1 fully saturated rings. The molecule has 2 aliphatic rings. The van der Waals surface area contributed by atoms with Crippen LogP contribution in [0.25, 0.3) is 0 Å². The number of benzene rings is 2. The number of halogens is 1. The summed E-state index contributed by atoms with van der Waals surface area (Å²) in [4.78, 5) is 29.5. The van der Waals surface area contributed by atoms with Gasteiger partial charge in [-0.2, -0.15) is 0 Å². The van der Waals surface area contributed by atoms with Crippen LogP contribution in [-0.2, 0) is 4.79 Å². The molecule has 0 saturated carbocycles. The fourth-order valence-electron chi connectivity index (χ4n) is 5.06. The average molecular weight is 536 g/mol. The van der Waals surface area contributed by atoms with Crippen LogP contribution in [0.5, 0.6) is 0 Å². The van der Waals surface area contributed by atoms with E-state index < -0.39 is 0 Å². The molecule has 2 aromatic carbocycles. The fourth-order valence-corrected chi connectivity index (χ4v) is 5.35. The zero-order valence-corrected chi connectivity index (χ0v) is 23.2. The van der Waals surface area contributed by atoms with Crippen molar-refractivity contribution in [3.63, 3.8) is 0 Å². The van der Waals surface area contributed by atoms with Crippen LogP contribution in [0.1, 0.15) is 54.2 Å². The summed E-state index contributed by atoms with van der Waals surface area (Å²) in [6, 6.07) is 13.7. The number of nitrogens with zero attached hydrogens (tertiary/aromatic N) is 3. The number of aromatic nitrogens is 1. The van der Waals surface area contributed by atoms with E-state index in [1.54, 1.807) is 26.0 Å². The number of piperazine rings is 1. The molecule has 8 nitrogen and oxygen atoms in total. The van der Waals surface area contributed by atoms with Crippen molar-refractivity contribution in [2.75, 3.05) is 35.2 Å². The lowest BCUT2D eigenvalue weighted by Crippen LogP contribution is -2.52. The zero-order valence-electron chi connectivity index (χ0n) is 22.4. The SMILES string of the molecule is CC.Cc1noc(C)c1C(=O)Nc1ccc(N2CCN(C3C=CC(=O)Nc4ccccc43)C[C@H]2C)c(Cl)c1. The molecule has 9 heteroatoms. The monoisotopic (exact) mass is 535 g/mol. The number of fused-ring (bicyclic) bond motifs is 1. The highest BCUT2D eigenvalue weighted by molar-refractivity contribution is 6.33. The molecule has 2 atom stereocenters. The van der Waals surface area contributed by atoms with Crippen LogP contribution in [-0.4, -0.2) is 47.5 Å². The topological polar surface area (TPSA) is 90.7 Å². The van der Waals surface area contributed by atoms with Crippen LogP contribution in [0.2, 0.25) is 5.02 Å². The van der Waals surface area contributed by atoms with Gasteiger partial charge in [-0.05, 0) is 50.6 Å². The van der Waals surface area contributed by atoms with Crippen molar-refractivity contribution in [2.45, 2.75) is 46.7 Å². The highest BCUT2D eigenvalue weighted by Crippen LogP contribution is 2.36. The average Bonchev–Trinajstić information content (AvgIpc) is 3.14. The Bertz CT molecular complexity index is 1330. The molecular weight excluding hydrogens is 502 g/mol. The van der Waals surface area contributed by atoms with Crippen LogP contribution >= 0.6 is 11.6 Å². The van der Waals surface area contributed by atoms with Crippen LogP contribution in [0, 0.1) is 13.8 Å². The van der Waals surface area contributed by atoms with Gasteiger partial charge in [-0.1, -0.05) is 54.9 Å². The summed E-state index contributed by atoms with van der Waals surface area (Å²) in [5, 5.41) is 10.3. The van der Waals surface area contributed by atoms with Crippen molar-refractivity contribution in [1.29, 1.82) is 0 Å². The number of hydrogen-bond acceptors (Lipinski definition) is 6. The number of amides is 2. The quantitative estimate of drug-likeness (QED) is 0.427. The molecule has 2 amide bonds. The van der Waals surface area contributed by atoms with Gasteiger partial charge < -0.3 is 20.1 Å². The van der Waals surface area contributed by atoms with Gasteiger partial charge in [0.25, 0.3) is 5.91 Å².